The Morgan fingerprint density at radius 2 is 2.03 bits per heavy atom. The normalized spacial score (nSPS) is 18.2. The Kier molecular flexibility index (Phi) is 6.80. The van der Waals surface area contributed by atoms with Gasteiger partial charge in [0.2, 0.25) is 11.8 Å². The largest absolute Gasteiger partial charge is 0.497 e. The van der Waals surface area contributed by atoms with Crippen LogP contribution in [0.1, 0.15) is 23.1 Å². The molecule has 2 heterocycles. The summed E-state index contributed by atoms with van der Waals surface area (Å²) >= 11 is 1.16. The lowest BCUT2D eigenvalue weighted by Gasteiger charge is -2.15. The van der Waals surface area contributed by atoms with Crippen LogP contribution < -0.4 is 10.1 Å². The molecule has 1 fully saturated rings. The molecule has 1 aliphatic rings. The maximum absolute atomic E-state index is 13.1. The molecule has 0 bridgehead atoms. The maximum atomic E-state index is 13.1. The predicted molar refractivity (Wildman–Crippen MR) is 121 cm³/mol. The molecule has 10 heteroatoms. The zero-order chi connectivity index (χ0) is 22.6. The molecule has 4 rings (SSSR count). The first-order valence-electron chi connectivity index (χ1n) is 10.1. The molecule has 0 spiro atoms. The van der Waals surface area contributed by atoms with Gasteiger partial charge in [0.15, 0.2) is 9.84 Å². The Balaban J connectivity index is 1.49. The molecule has 3 aromatic rings. The summed E-state index contributed by atoms with van der Waals surface area (Å²) in [5, 5.41) is 10.7. The van der Waals surface area contributed by atoms with Crippen molar-refractivity contribution in [2.24, 2.45) is 5.92 Å². The van der Waals surface area contributed by atoms with E-state index in [0.717, 1.165) is 17.3 Å². The van der Waals surface area contributed by atoms with Gasteiger partial charge in [-0.25, -0.2) is 8.42 Å². The van der Waals surface area contributed by atoms with E-state index in [9.17, 15) is 13.2 Å². The van der Waals surface area contributed by atoms with Crippen molar-refractivity contribution in [3.05, 3.63) is 66.1 Å². The van der Waals surface area contributed by atoms with Crippen LogP contribution in [0.4, 0.5) is 5.69 Å². The van der Waals surface area contributed by atoms with Crippen molar-refractivity contribution in [3.63, 3.8) is 0 Å². The zero-order valence-corrected chi connectivity index (χ0v) is 19.1. The number of carbonyl (C=O) groups is 1. The number of hydrogen-bond donors (Lipinski definition) is 1. The molecule has 168 valence electrons. The number of nitrogens with zero attached hydrogens (tertiary/aromatic N) is 2. The van der Waals surface area contributed by atoms with Gasteiger partial charge in [-0.2, -0.15) is 0 Å². The summed E-state index contributed by atoms with van der Waals surface area (Å²) in [5.74, 6) is 1.12. The van der Waals surface area contributed by atoms with Gasteiger partial charge in [0.05, 0.1) is 18.6 Å². The Morgan fingerprint density at radius 1 is 1.22 bits per heavy atom. The van der Waals surface area contributed by atoms with Crippen LogP contribution in [0.5, 0.6) is 5.75 Å². The van der Waals surface area contributed by atoms with Crippen molar-refractivity contribution < 1.29 is 22.4 Å². The SMILES string of the molecule is COc1cccc(NC(=O)[C@H](Sc2nnc(C[C@@H]3CCS(=O)(=O)C3)o2)c2ccccc2)c1. The van der Waals surface area contributed by atoms with Crippen molar-refractivity contribution in [1.29, 1.82) is 0 Å². The minimum atomic E-state index is -2.97. The number of methoxy groups -OCH3 is 1. The topological polar surface area (TPSA) is 111 Å². The number of carbonyl (C=O) groups excluding carboxylic acids is 1. The van der Waals surface area contributed by atoms with Crippen LogP contribution >= 0.6 is 11.8 Å². The standard InChI is InChI=1S/C22H23N3O5S2/c1-29-18-9-5-8-17(13-18)23-21(26)20(16-6-3-2-4-7-16)31-22-25-24-19(30-22)12-15-10-11-32(27,28)14-15/h2-9,13,15,20H,10-12,14H2,1H3,(H,23,26)/t15-,20+/m0/s1. The molecular weight excluding hydrogens is 450 g/mol. The van der Waals surface area contributed by atoms with Crippen LogP contribution in [0.2, 0.25) is 0 Å². The molecule has 8 nitrogen and oxygen atoms in total. The molecule has 2 aromatic carbocycles. The van der Waals surface area contributed by atoms with Gasteiger partial charge in [-0.1, -0.05) is 36.4 Å². The van der Waals surface area contributed by atoms with Gasteiger partial charge in [0, 0.05) is 18.2 Å². The van der Waals surface area contributed by atoms with Crippen LogP contribution in [0.15, 0.2) is 64.2 Å². The van der Waals surface area contributed by atoms with Gasteiger partial charge in [-0.05, 0) is 41.8 Å². The summed E-state index contributed by atoms with van der Waals surface area (Å²) in [7, 11) is -1.40. The van der Waals surface area contributed by atoms with Crippen molar-refractivity contribution in [1.82, 2.24) is 10.2 Å². The predicted octanol–water partition coefficient (Wildman–Crippen LogP) is 3.53. The third kappa shape index (κ3) is 5.68. The fourth-order valence-electron chi connectivity index (χ4n) is 3.56. The van der Waals surface area contributed by atoms with Crippen LogP contribution in [0.25, 0.3) is 0 Å². The number of anilines is 1. The smallest absolute Gasteiger partial charge is 0.277 e. The number of benzene rings is 2. The van der Waals surface area contributed by atoms with E-state index in [1.165, 1.54) is 0 Å². The Labute approximate surface area is 190 Å². The summed E-state index contributed by atoms with van der Waals surface area (Å²) in [5.41, 5.74) is 1.41. The van der Waals surface area contributed by atoms with Gasteiger partial charge < -0.3 is 14.5 Å². The number of nitrogens with one attached hydrogen (secondary N) is 1. The van der Waals surface area contributed by atoms with E-state index in [2.05, 4.69) is 15.5 Å². The molecule has 0 aliphatic carbocycles. The van der Waals surface area contributed by atoms with Gasteiger partial charge >= 0.3 is 0 Å². The average molecular weight is 474 g/mol. The van der Waals surface area contributed by atoms with Gasteiger partial charge in [0.25, 0.3) is 5.22 Å². The third-order valence-electron chi connectivity index (χ3n) is 5.13. The fraction of sp³-hybridized carbons (Fsp3) is 0.318. The van der Waals surface area contributed by atoms with Crippen molar-refractivity contribution in [2.75, 3.05) is 23.9 Å². The maximum Gasteiger partial charge on any atom is 0.277 e. The van der Waals surface area contributed by atoms with Crippen LogP contribution in [0.3, 0.4) is 0 Å². The molecule has 0 saturated carbocycles. The lowest BCUT2D eigenvalue weighted by Crippen LogP contribution is -2.19. The number of ether oxygens (including phenoxy) is 1. The quantitative estimate of drug-likeness (QED) is 0.495. The van der Waals surface area contributed by atoms with E-state index < -0.39 is 15.1 Å². The summed E-state index contributed by atoms with van der Waals surface area (Å²) in [6, 6.07) is 16.5. The lowest BCUT2D eigenvalue weighted by atomic mass is 10.1. The molecule has 1 N–H and O–H groups in total. The Hall–Kier alpha value is -2.85. The summed E-state index contributed by atoms with van der Waals surface area (Å²) in [6.45, 7) is 0. The summed E-state index contributed by atoms with van der Waals surface area (Å²) < 4.78 is 34.3. The van der Waals surface area contributed by atoms with Crippen molar-refractivity contribution >= 4 is 33.2 Å². The Morgan fingerprint density at radius 3 is 2.75 bits per heavy atom. The summed E-state index contributed by atoms with van der Waals surface area (Å²) in [6.07, 6.45) is 1.02. The van der Waals surface area contributed by atoms with Crippen LogP contribution in [-0.2, 0) is 21.1 Å². The second-order valence-corrected chi connectivity index (χ2v) is 10.8. The monoisotopic (exact) mass is 473 g/mol. The van der Waals surface area contributed by atoms with Gasteiger partial charge in [0.1, 0.15) is 11.0 Å². The van der Waals surface area contributed by atoms with E-state index in [4.69, 9.17) is 9.15 Å². The molecule has 1 saturated heterocycles. The molecule has 1 amide bonds. The highest BCUT2D eigenvalue weighted by atomic mass is 32.2. The Bertz CT molecular complexity index is 1180. The second kappa shape index (κ2) is 9.74. The zero-order valence-electron chi connectivity index (χ0n) is 17.4. The number of aromatic nitrogens is 2. The first-order valence-corrected chi connectivity index (χ1v) is 12.8. The number of sulfone groups is 1. The molecule has 2 atom stereocenters. The highest BCUT2D eigenvalue weighted by Gasteiger charge is 2.30. The van der Waals surface area contributed by atoms with E-state index in [1.807, 2.05) is 30.3 Å². The molecule has 1 aromatic heterocycles. The average Bonchev–Trinajstić information content (AvgIpc) is 3.37. The van der Waals surface area contributed by atoms with E-state index in [-0.39, 0.29) is 28.6 Å². The van der Waals surface area contributed by atoms with E-state index in [1.54, 1.807) is 31.4 Å². The third-order valence-corrected chi connectivity index (χ3v) is 8.06. The van der Waals surface area contributed by atoms with Crippen molar-refractivity contribution in [2.45, 2.75) is 23.3 Å². The molecule has 1 aliphatic heterocycles. The molecule has 0 radical (unpaired) electrons. The first-order chi connectivity index (χ1) is 15.4. The minimum absolute atomic E-state index is 0.0143. The fourth-order valence-corrected chi connectivity index (χ4v) is 6.31. The number of thioether (sulfide) groups is 1. The van der Waals surface area contributed by atoms with Crippen molar-refractivity contribution in [3.8, 4) is 5.75 Å². The number of rotatable bonds is 8. The first kappa shape index (κ1) is 22.3. The molecule has 32 heavy (non-hydrogen) atoms. The molecular formula is C22H23N3O5S2. The van der Waals surface area contributed by atoms with Crippen LogP contribution in [0, 0.1) is 5.92 Å². The minimum Gasteiger partial charge on any atom is -0.497 e. The van der Waals surface area contributed by atoms with Gasteiger partial charge in [-0.15, -0.1) is 10.2 Å². The number of hydrogen-bond acceptors (Lipinski definition) is 8. The highest BCUT2D eigenvalue weighted by Crippen LogP contribution is 2.36. The summed E-state index contributed by atoms with van der Waals surface area (Å²) in [4.78, 5) is 13.1. The van der Waals surface area contributed by atoms with E-state index in [0.29, 0.717) is 30.2 Å². The second-order valence-electron chi connectivity index (χ2n) is 7.56. The number of amides is 1. The highest BCUT2D eigenvalue weighted by molar-refractivity contribution is 8.00. The lowest BCUT2D eigenvalue weighted by molar-refractivity contribution is -0.115. The van der Waals surface area contributed by atoms with E-state index >= 15 is 0 Å². The molecule has 0 unspecified atom stereocenters. The van der Waals surface area contributed by atoms with Gasteiger partial charge in [-0.3, -0.25) is 4.79 Å². The van der Waals surface area contributed by atoms with Crippen LogP contribution in [-0.4, -0.2) is 43.1 Å².